The molecule has 0 aromatic heterocycles. The third-order valence-electron chi connectivity index (χ3n) is 2.53. The molecular weight excluding hydrogens is 326 g/mol. The Hall–Kier alpha value is -1.60. The van der Waals surface area contributed by atoms with Crippen molar-refractivity contribution in [2.45, 2.75) is 13.3 Å². The summed E-state index contributed by atoms with van der Waals surface area (Å²) in [5.41, 5.74) is 0.312. The number of urea groups is 1. The molecule has 0 saturated carbocycles. The average Bonchev–Trinajstić information content (AvgIpc) is 2.40. The number of hydrogen-bond acceptors (Lipinski definition) is 3. The van der Waals surface area contributed by atoms with Gasteiger partial charge in [0.15, 0.2) is 0 Å². The van der Waals surface area contributed by atoms with Gasteiger partial charge in [0.2, 0.25) is 0 Å². The monoisotopic (exact) mass is 343 g/mol. The van der Waals surface area contributed by atoms with Crippen molar-refractivity contribution in [2.75, 3.05) is 25.0 Å². The first-order valence-electron chi connectivity index (χ1n) is 6.33. The van der Waals surface area contributed by atoms with Gasteiger partial charge in [-0.05, 0) is 37.7 Å². The molecule has 6 nitrogen and oxygen atoms in total. The van der Waals surface area contributed by atoms with Gasteiger partial charge in [-0.15, -0.1) is 0 Å². The maximum absolute atomic E-state index is 11.7. The van der Waals surface area contributed by atoms with Crippen LogP contribution in [-0.4, -0.2) is 36.7 Å². The largest absolute Gasteiger partial charge is 0.478 e. The summed E-state index contributed by atoms with van der Waals surface area (Å²) < 4.78 is 0.645. The van der Waals surface area contributed by atoms with Gasteiger partial charge in [-0.25, -0.2) is 9.59 Å². The van der Waals surface area contributed by atoms with E-state index >= 15 is 0 Å². The lowest BCUT2D eigenvalue weighted by atomic mass is 10.2. The zero-order valence-corrected chi connectivity index (χ0v) is 12.8. The van der Waals surface area contributed by atoms with E-state index in [1.807, 2.05) is 6.92 Å². The molecule has 4 N–H and O–H groups in total. The second kappa shape index (κ2) is 8.55. The summed E-state index contributed by atoms with van der Waals surface area (Å²) in [6, 6.07) is 4.26. The Labute approximate surface area is 126 Å². The molecule has 0 heterocycles. The quantitative estimate of drug-likeness (QED) is 0.571. The molecule has 1 aromatic carbocycles. The number of amides is 2. The topological polar surface area (TPSA) is 90.5 Å². The van der Waals surface area contributed by atoms with E-state index in [0.29, 0.717) is 11.0 Å². The Morgan fingerprint density at radius 1 is 1.30 bits per heavy atom. The molecule has 110 valence electrons. The van der Waals surface area contributed by atoms with Gasteiger partial charge in [-0.2, -0.15) is 0 Å². The number of rotatable bonds is 7. The number of carbonyl (C=O) groups is 2. The van der Waals surface area contributed by atoms with Gasteiger partial charge >= 0.3 is 12.0 Å². The van der Waals surface area contributed by atoms with Crippen LogP contribution in [0.25, 0.3) is 0 Å². The Bertz CT molecular complexity index is 480. The summed E-state index contributed by atoms with van der Waals surface area (Å²) in [6.07, 6.45) is 0.813. The van der Waals surface area contributed by atoms with Crippen LogP contribution in [0.1, 0.15) is 23.7 Å². The lowest BCUT2D eigenvalue weighted by Gasteiger charge is -2.10. The fourth-order valence-corrected chi connectivity index (χ4v) is 1.92. The summed E-state index contributed by atoms with van der Waals surface area (Å²) in [6.45, 7) is 4.27. The molecule has 7 heteroatoms. The highest BCUT2D eigenvalue weighted by molar-refractivity contribution is 9.10. The minimum atomic E-state index is -1.09. The van der Waals surface area contributed by atoms with Gasteiger partial charge in [0, 0.05) is 11.0 Å². The third-order valence-corrected chi connectivity index (χ3v) is 3.02. The van der Waals surface area contributed by atoms with Crippen molar-refractivity contribution >= 4 is 33.6 Å². The molecule has 0 aliphatic heterocycles. The summed E-state index contributed by atoms with van der Waals surface area (Å²) in [5.74, 6) is -1.09. The number of carboxylic acid groups (broad SMARTS) is 1. The van der Waals surface area contributed by atoms with Gasteiger partial charge in [0.05, 0.1) is 11.3 Å². The molecule has 0 unspecified atom stereocenters. The van der Waals surface area contributed by atoms with Crippen molar-refractivity contribution in [3.8, 4) is 0 Å². The Morgan fingerprint density at radius 2 is 2.05 bits per heavy atom. The van der Waals surface area contributed by atoms with Crippen LogP contribution in [0, 0.1) is 0 Å². The van der Waals surface area contributed by atoms with Gasteiger partial charge in [-0.1, -0.05) is 22.9 Å². The first kappa shape index (κ1) is 16.5. The normalized spacial score (nSPS) is 10.1. The second-order valence-electron chi connectivity index (χ2n) is 4.08. The highest BCUT2D eigenvalue weighted by atomic mass is 79.9. The molecule has 0 fully saturated rings. The van der Waals surface area contributed by atoms with Crippen molar-refractivity contribution < 1.29 is 14.7 Å². The molecule has 0 aliphatic rings. The number of hydrogen-bond donors (Lipinski definition) is 4. The highest BCUT2D eigenvalue weighted by Crippen LogP contribution is 2.21. The van der Waals surface area contributed by atoms with Crippen LogP contribution in [0.15, 0.2) is 22.7 Å². The standard InChI is InChI=1S/C13H18BrN3O3/c1-2-15-6-3-7-16-13(20)17-11-5-4-9(14)8-10(11)12(18)19/h4-5,8,15H,2-3,6-7H2,1H3,(H,18,19)(H2,16,17,20). The van der Waals surface area contributed by atoms with Crippen molar-refractivity contribution in [3.05, 3.63) is 28.2 Å². The summed E-state index contributed by atoms with van der Waals surface area (Å²) in [4.78, 5) is 22.7. The Kier molecular flexibility index (Phi) is 7.03. The number of anilines is 1. The third kappa shape index (κ3) is 5.58. The molecule has 20 heavy (non-hydrogen) atoms. The fraction of sp³-hybridized carbons (Fsp3) is 0.385. The van der Waals surface area contributed by atoms with Crippen LogP contribution < -0.4 is 16.0 Å². The minimum Gasteiger partial charge on any atom is -0.478 e. The lowest BCUT2D eigenvalue weighted by Crippen LogP contribution is -2.31. The van der Waals surface area contributed by atoms with E-state index < -0.39 is 12.0 Å². The number of halogens is 1. The predicted molar refractivity (Wildman–Crippen MR) is 81.3 cm³/mol. The van der Waals surface area contributed by atoms with Crippen molar-refractivity contribution in [1.82, 2.24) is 10.6 Å². The van der Waals surface area contributed by atoms with Crippen LogP contribution in [0.3, 0.4) is 0 Å². The van der Waals surface area contributed by atoms with Crippen molar-refractivity contribution in [1.29, 1.82) is 0 Å². The van der Waals surface area contributed by atoms with E-state index in [1.54, 1.807) is 12.1 Å². The summed E-state index contributed by atoms with van der Waals surface area (Å²) in [5, 5.41) is 17.4. The van der Waals surface area contributed by atoms with E-state index in [0.717, 1.165) is 19.5 Å². The second-order valence-corrected chi connectivity index (χ2v) is 5.00. The molecule has 1 rings (SSSR count). The predicted octanol–water partition coefficient (Wildman–Crippen LogP) is 2.27. The molecule has 0 spiro atoms. The average molecular weight is 344 g/mol. The van der Waals surface area contributed by atoms with E-state index in [1.165, 1.54) is 6.07 Å². The molecule has 0 atom stereocenters. The van der Waals surface area contributed by atoms with Crippen LogP contribution in [0.2, 0.25) is 0 Å². The number of nitrogens with one attached hydrogen (secondary N) is 3. The molecule has 0 aliphatic carbocycles. The summed E-state index contributed by atoms with van der Waals surface area (Å²) in [7, 11) is 0. The molecule has 1 aromatic rings. The summed E-state index contributed by atoms with van der Waals surface area (Å²) >= 11 is 3.20. The van der Waals surface area contributed by atoms with Crippen LogP contribution in [-0.2, 0) is 0 Å². The zero-order chi connectivity index (χ0) is 15.0. The number of carbonyl (C=O) groups excluding carboxylic acids is 1. The van der Waals surface area contributed by atoms with Crippen LogP contribution >= 0.6 is 15.9 Å². The first-order valence-corrected chi connectivity index (χ1v) is 7.12. The van der Waals surface area contributed by atoms with Gasteiger partial charge in [0.25, 0.3) is 0 Å². The fourth-order valence-electron chi connectivity index (χ4n) is 1.56. The Balaban J connectivity index is 2.51. The zero-order valence-electron chi connectivity index (χ0n) is 11.2. The van der Waals surface area contributed by atoms with Gasteiger partial charge in [0.1, 0.15) is 0 Å². The first-order chi connectivity index (χ1) is 9.54. The van der Waals surface area contributed by atoms with E-state index in [9.17, 15) is 9.59 Å². The smallest absolute Gasteiger partial charge is 0.337 e. The molecule has 0 radical (unpaired) electrons. The molecule has 0 bridgehead atoms. The van der Waals surface area contributed by atoms with Crippen molar-refractivity contribution in [2.24, 2.45) is 0 Å². The van der Waals surface area contributed by atoms with Crippen molar-refractivity contribution in [3.63, 3.8) is 0 Å². The molecule has 2 amide bonds. The lowest BCUT2D eigenvalue weighted by molar-refractivity contribution is 0.0698. The Morgan fingerprint density at radius 3 is 2.70 bits per heavy atom. The van der Waals surface area contributed by atoms with Gasteiger partial charge in [-0.3, -0.25) is 0 Å². The van der Waals surface area contributed by atoms with E-state index in [2.05, 4.69) is 31.9 Å². The highest BCUT2D eigenvalue weighted by Gasteiger charge is 2.12. The molecule has 0 saturated heterocycles. The van der Waals surface area contributed by atoms with Crippen LogP contribution in [0.5, 0.6) is 0 Å². The van der Waals surface area contributed by atoms with E-state index in [4.69, 9.17) is 5.11 Å². The van der Waals surface area contributed by atoms with E-state index in [-0.39, 0.29) is 11.3 Å². The SMILES string of the molecule is CCNCCCNC(=O)Nc1ccc(Br)cc1C(=O)O. The molecular formula is C13H18BrN3O3. The number of aromatic carboxylic acids is 1. The maximum atomic E-state index is 11.7. The minimum absolute atomic E-state index is 0.0437. The van der Waals surface area contributed by atoms with Crippen LogP contribution in [0.4, 0.5) is 10.5 Å². The number of carboxylic acids is 1. The number of benzene rings is 1. The van der Waals surface area contributed by atoms with Gasteiger partial charge < -0.3 is 21.1 Å². The maximum Gasteiger partial charge on any atom is 0.337 e.